The monoisotopic (exact) mass is 440 g/mol. The van der Waals surface area contributed by atoms with Gasteiger partial charge in [-0.25, -0.2) is 19.7 Å². The number of piperazine rings is 1. The first-order chi connectivity index (χ1) is 13.6. The molecule has 28 heavy (non-hydrogen) atoms. The lowest BCUT2D eigenvalue weighted by Crippen LogP contribution is -2.53. The van der Waals surface area contributed by atoms with E-state index in [1.165, 1.54) is 11.2 Å². The predicted molar refractivity (Wildman–Crippen MR) is 107 cm³/mol. The van der Waals surface area contributed by atoms with E-state index in [-0.39, 0.29) is 18.0 Å². The van der Waals surface area contributed by atoms with Gasteiger partial charge >= 0.3 is 6.03 Å². The van der Waals surface area contributed by atoms with E-state index in [0.717, 1.165) is 26.8 Å². The number of aromatic amines is 1. The second-order valence-corrected chi connectivity index (χ2v) is 7.90. The molecule has 0 spiro atoms. The largest absolute Gasteiger partial charge is 0.346 e. The third-order valence-corrected chi connectivity index (χ3v) is 5.84. The van der Waals surface area contributed by atoms with Crippen molar-refractivity contribution < 1.29 is 9.59 Å². The molecule has 2 unspecified atom stereocenters. The van der Waals surface area contributed by atoms with Crippen molar-refractivity contribution in [3.8, 4) is 0 Å². The molecule has 9 heteroatoms. The number of benzene rings is 1. The number of fused-ring (bicyclic) bond motifs is 2. The Balaban J connectivity index is 1.60. The van der Waals surface area contributed by atoms with Crippen LogP contribution in [0.5, 0.6) is 0 Å². The molecule has 5 rings (SSSR count). The minimum absolute atomic E-state index is 0.226. The molecule has 4 heterocycles. The van der Waals surface area contributed by atoms with Crippen LogP contribution < -0.4 is 10.2 Å². The number of amides is 3. The van der Waals surface area contributed by atoms with E-state index in [1.54, 1.807) is 17.0 Å². The molecule has 2 aliphatic rings. The minimum atomic E-state index is -0.561. The van der Waals surface area contributed by atoms with Gasteiger partial charge in [-0.3, -0.25) is 4.79 Å². The number of aryl methyl sites for hydroxylation is 1. The molecule has 2 saturated heterocycles. The van der Waals surface area contributed by atoms with Gasteiger partial charge in [0.2, 0.25) is 0 Å². The standard InChI is InChI=1S/C19H17BrN6O2/c1-10-6-22-17-15(10)16(23-9-24-17)13-7-21-8-14-18(27)25(19(28)26(13)14)12-4-2-3-11(20)5-12/h2-6,9,13-14,21H,7-8H2,1H3,(H,22,23,24). The summed E-state index contributed by atoms with van der Waals surface area (Å²) in [6.45, 7) is 2.93. The number of carbonyl (C=O) groups is 2. The molecule has 0 bridgehead atoms. The van der Waals surface area contributed by atoms with E-state index >= 15 is 0 Å². The van der Waals surface area contributed by atoms with Gasteiger partial charge < -0.3 is 15.2 Å². The predicted octanol–water partition coefficient (Wildman–Crippen LogP) is 2.51. The number of rotatable bonds is 2. The summed E-state index contributed by atoms with van der Waals surface area (Å²) in [6, 6.07) is 5.97. The SMILES string of the molecule is Cc1c[nH]c2ncnc(C3CNCC4C(=O)N(c5cccc(Br)c5)C(=O)N43)c12. The molecule has 3 amide bonds. The third-order valence-electron chi connectivity index (χ3n) is 5.34. The van der Waals surface area contributed by atoms with E-state index in [2.05, 4.69) is 36.2 Å². The molecule has 0 aliphatic carbocycles. The van der Waals surface area contributed by atoms with Crippen molar-refractivity contribution in [2.75, 3.05) is 18.0 Å². The fourth-order valence-electron chi connectivity index (χ4n) is 4.08. The lowest BCUT2D eigenvalue weighted by Gasteiger charge is -2.35. The number of urea groups is 1. The molecule has 2 aromatic heterocycles. The lowest BCUT2D eigenvalue weighted by atomic mass is 10.0. The summed E-state index contributed by atoms with van der Waals surface area (Å²) < 4.78 is 0.811. The second-order valence-electron chi connectivity index (χ2n) is 6.99. The van der Waals surface area contributed by atoms with Crippen molar-refractivity contribution in [3.05, 3.63) is 52.5 Å². The maximum Gasteiger partial charge on any atom is 0.332 e. The summed E-state index contributed by atoms with van der Waals surface area (Å²) in [5.74, 6) is -0.226. The van der Waals surface area contributed by atoms with Crippen molar-refractivity contribution in [1.82, 2.24) is 25.2 Å². The zero-order valence-corrected chi connectivity index (χ0v) is 16.6. The van der Waals surface area contributed by atoms with E-state index in [4.69, 9.17) is 0 Å². The Morgan fingerprint density at radius 3 is 2.82 bits per heavy atom. The van der Waals surface area contributed by atoms with Crippen LogP contribution in [0.3, 0.4) is 0 Å². The van der Waals surface area contributed by atoms with Crippen LogP contribution in [0.4, 0.5) is 10.5 Å². The second kappa shape index (κ2) is 6.39. The van der Waals surface area contributed by atoms with Crippen molar-refractivity contribution >= 4 is 44.6 Å². The summed E-state index contributed by atoms with van der Waals surface area (Å²) in [4.78, 5) is 41.3. The highest BCUT2D eigenvalue weighted by Crippen LogP contribution is 2.36. The molecule has 2 fully saturated rings. The molecule has 142 valence electrons. The first kappa shape index (κ1) is 17.3. The number of hydrogen-bond donors (Lipinski definition) is 2. The maximum absolute atomic E-state index is 13.3. The van der Waals surface area contributed by atoms with Crippen LogP contribution in [-0.4, -0.2) is 50.9 Å². The third kappa shape index (κ3) is 2.46. The fraction of sp³-hybridized carbons (Fsp3) is 0.263. The quantitative estimate of drug-likeness (QED) is 0.597. The van der Waals surface area contributed by atoms with E-state index < -0.39 is 6.04 Å². The number of aromatic nitrogens is 3. The molecule has 2 atom stereocenters. The van der Waals surface area contributed by atoms with Gasteiger partial charge in [-0.15, -0.1) is 0 Å². The van der Waals surface area contributed by atoms with Gasteiger partial charge in [0.05, 0.1) is 17.4 Å². The smallest absolute Gasteiger partial charge is 0.332 e. The van der Waals surface area contributed by atoms with E-state index in [1.807, 2.05) is 25.3 Å². The number of carbonyl (C=O) groups excluding carboxylic acids is 2. The summed E-state index contributed by atoms with van der Waals surface area (Å²) in [5, 5.41) is 4.19. The van der Waals surface area contributed by atoms with Crippen molar-refractivity contribution in [2.24, 2.45) is 0 Å². The average Bonchev–Trinajstić information content (AvgIpc) is 3.20. The van der Waals surface area contributed by atoms with Crippen LogP contribution in [0.1, 0.15) is 17.3 Å². The van der Waals surface area contributed by atoms with Crippen LogP contribution >= 0.6 is 15.9 Å². The summed E-state index contributed by atoms with van der Waals surface area (Å²) in [7, 11) is 0. The van der Waals surface area contributed by atoms with Crippen LogP contribution in [0.25, 0.3) is 11.0 Å². The van der Waals surface area contributed by atoms with Crippen LogP contribution in [0.2, 0.25) is 0 Å². The van der Waals surface area contributed by atoms with Crippen LogP contribution in [0.15, 0.2) is 41.3 Å². The van der Waals surface area contributed by atoms with Gasteiger partial charge in [-0.1, -0.05) is 22.0 Å². The molecule has 2 aliphatic heterocycles. The molecule has 0 radical (unpaired) electrons. The van der Waals surface area contributed by atoms with E-state index in [0.29, 0.717) is 18.8 Å². The van der Waals surface area contributed by atoms with Crippen molar-refractivity contribution in [1.29, 1.82) is 0 Å². The Kier molecular flexibility index (Phi) is 3.95. The highest BCUT2D eigenvalue weighted by Gasteiger charge is 2.51. The minimum Gasteiger partial charge on any atom is -0.346 e. The number of nitrogens with zero attached hydrogens (tertiary/aromatic N) is 4. The highest BCUT2D eigenvalue weighted by molar-refractivity contribution is 9.10. The highest BCUT2D eigenvalue weighted by atomic mass is 79.9. The number of nitrogens with one attached hydrogen (secondary N) is 2. The number of hydrogen-bond acceptors (Lipinski definition) is 5. The number of H-pyrrole nitrogens is 1. The Labute approximate surface area is 169 Å². The van der Waals surface area contributed by atoms with Crippen LogP contribution in [-0.2, 0) is 4.79 Å². The van der Waals surface area contributed by atoms with Gasteiger partial charge in [-0.2, -0.15) is 0 Å². The molecule has 3 aromatic rings. The van der Waals surface area contributed by atoms with Crippen LogP contribution in [0, 0.1) is 6.92 Å². The number of imide groups is 1. The molecular formula is C19H17BrN6O2. The van der Waals surface area contributed by atoms with Gasteiger partial charge in [-0.05, 0) is 30.7 Å². The van der Waals surface area contributed by atoms with Gasteiger partial charge in [0, 0.05) is 29.1 Å². The molecule has 8 nitrogen and oxygen atoms in total. The Morgan fingerprint density at radius 1 is 1.18 bits per heavy atom. The zero-order valence-electron chi connectivity index (χ0n) is 15.0. The number of anilines is 1. The maximum atomic E-state index is 13.3. The molecule has 1 aromatic carbocycles. The molecule has 2 N–H and O–H groups in total. The lowest BCUT2D eigenvalue weighted by molar-refractivity contribution is -0.120. The Hall–Kier alpha value is -2.78. The first-order valence-electron chi connectivity index (χ1n) is 8.97. The van der Waals surface area contributed by atoms with Gasteiger partial charge in [0.25, 0.3) is 5.91 Å². The van der Waals surface area contributed by atoms with Gasteiger partial charge in [0.1, 0.15) is 18.0 Å². The van der Waals surface area contributed by atoms with E-state index in [9.17, 15) is 9.59 Å². The Bertz CT molecular complexity index is 1110. The molecule has 0 saturated carbocycles. The number of halogens is 1. The first-order valence-corrected chi connectivity index (χ1v) is 9.76. The van der Waals surface area contributed by atoms with Crippen molar-refractivity contribution in [2.45, 2.75) is 19.0 Å². The zero-order chi connectivity index (χ0) is 19.4. The summed E-state index contributed by atoms with van der Waals surface area (Å²) in [6.07, 6.45) is 3.37. The summed E-state index contributed by atoms with van der Waals surface area (Å²) in [5.41, 5.74) is 3.04. The topological polar surface area (TPSA) is 94.2 Å². The summed E-state index contributed by atoms with van der Waals surface area (Å²) >= 11 is 3.41. The van der Waals surface area contributed by atoms with Gasteiger partial charge in [0.15, 0.2) is 0 Å². The average molecular weight is 441 g/mol. The van der Waals surface area contributed by atoms with Crippen molar-refractivity contribution in [3.63, 3.8) is 0 Å². The molecular weight excluding hydrogens is 424 g/mol. The normalized spacial score (nSPS) is 22.2. The fourth-order valence-corrected chi connectivity index (χ4v) is 4.47. The Morgan fingerprint density at radius 2 is 2.00 bits per heavy atom.